The Hall–Kier alpha value is -0.580. The van der Waals surface area contributed by atoms with E-state index in [0.717, 1.165) is 11.0 Å². The van der Waals surface area contributed by atoms with Crippen molar-refractivity contribution in [2.24, 2.45) is 0 Å². The third-order valence-corrected chi connectivity index (χ3v) is 4.05. The fourth-order valence-electron chi connectivity index (χ4n) is 1.56. The van der Waals surface area contributed by atoms with Gasteiger partial charge < -0.3 is 10.3 Å². The number of rotatable bonds is 3. The van der Waals surface area contributed by atoms with E-state index in [1.54, 1.807) is 11.3 Å². The molecule has 2 nitrogen and oxygen atoms in total. The monoisotopic (exact) mass is 284 g/mol. The maximum Gasteiger partial charge on any atom is 0.0561 e. The van der Waals surface area contributed by atoms with Crippen molar-refractivity contribution in [3.63, 3.8) is 0 Å². The molecule has 0 aromatic carbocycles. The van der Waals surface area contributed by atoms with E-state index in [2.05, 4.69) is 50.7 Å². The van der Waals surface area contributed by atoms with Crippen LogP contribution in [0.2, 0.25) is 0 Å². The fourth-order valence-corrected chi connectivity index (χ4v) is 2.96. The van der Waals surface area contributed by atoms with Crippen LogP contribution in [0.15, 0.2) is 22.0 Å². The molecule has 0 saturated carbocycles. The van der Waals surface area contributed by atoms with Crippen LogP contribution in [0.1, 0.15) is 11.3 Å². The van der Waals surface area contributed by atoms with E-state index < -0.39 is 0 Å². The quantitative estimate of drug-likeness (QED) is 0.887. The standard InChI is InChI=1S/C11H13BrN2S/c1-7-8(5-13-2)3-10(14-7)11-4-9(12)6-15-11/h3-4,6,13-14H,5H2,1-2H3. The third-order valence-electron chi connectivity index (χ3n) is 2.32. The van der Waals surface area contributed by atoms with Gasteiger partial charge in [-0.05, 0) is 47.6 Å². The van der Waals surface area contributed by atoms with E-state index in [1.165, 1.54) is 21.8 Å². The predicted octanol–water partition coefficient (Wildman–Crippen LogP) is 3.53. The molecule has 2 aromatic heterocycles. The average Bonchev–Trinajstić information content (AvgIpc) is 2.75. The van der Waals surface area contributed by atoms with Gasteiger partial charge in [-0.1, -0.05) is 0 Å². The Morgan fingerprint density at radius 1 is 1.47 bits per heavy atom. The summed E-state index contributed by atoms with van der Waals surface area (Å²) in [6.07, 6.45) is 0. The van der Waals surface area contributed by atoms with E-state index in [1.807, 2.05) is 7.05 Å². The topological polar surface area (TPSA) is 27.8 Å². The van der Waals surface area contributed by atoms with Crippen LogP contribution in [0.4, 0.5) is 0 Å². The lowest BCUT2D eigenvalue weighted by Crippen LogP contribution is -2.04. The van der Waals surface area contributed by atoms with Crippen LogP contribution in [0.3, 0.4) is 0 Å². The molecular formula is C11H13BrN2S. The van der Waals surface area contributed by atoms with Crippen molar-refractivity contribution in [1.29, 1.82) is 0 Å². The molecule has 80 valence electrons. The van der Waals surface area contributed by atoms with Gasteiger partial charge in [0.2, 0.25) is 0 Å². The van der Waals surface area contributed by atoms with Gasteiger partial charge in [0, 0.05) is 22.1 Å². The maximum atomic E-state index is 3.47. The third kappa shape index (κ3) is 2.33. The van der Waals surface area contributed by atoms with Gasteiger partial charge >= 0.3 is 0 Å². The molecule has 4 heteroatoms. The number of nitrogens with one attached hydrogen (secondary N) is 2. The van der Waals surface area contributed by atoms with Crippen molar-refractivity contribution in [3.8, 4) is 10.6 Å². The summed E-state index contributed by atoms with van der Waals surface area (Å²) in [5.41, 5.74) is 3.77. The second-order valence-corrected chi connectivity index (χ2v) is 5.32. The molecule has 2 N–H and O–H groups in total. The van der Waals surface area contributed by atoms with Crippen LogP contribution in [-0.2, 0) is 6.54 Å². The Balaban J connectivity index is 2.33. The zero-order valence-corrected chi connectivity index (χ0v) is 11.1. The van der Waals surface area contributed by atoms with Crippen molar-refractivity contribution in [1.82, 2.24) is 10.3 Å². The molecule has 15 heavy (non-hydrogen) atoms. The van der Waals surface area contributed by atoms with E-state index in [0.29, 0.717) is 0 Å². The molecule has 0 aliphatic heterocycles. The highest BCUT2D eigenvalue weighted by atomic mass is 79.9. The highest BCUT2D eigenvalue weighted by molar-refractivity contribution is 9.10. The minimum absolute atomic E-state index is 0.912. The molecule has 0 atom stereocenters. The van der Waals surface area contributed by atoms with Crippen molar-refractivity contribution in [3.05, 3.63) is 33.2 Å². The second-order valence-electron chi connectivity index (χ2n) is 3.49. The number of aryl methyl sites for hydroxylation is 1. The van der Waals surface area contributed by atoms with Crippen LogP contribution in [0.5, 0.6) is 0 Å². The van der Waals surface area contributed by atoms with Gasteiger partial charge in [-0.15, -0.1) is 11.3 Å². The maximum absolute atomic E-state index is 3.47. The smallest absolute Gasteiger partial charge is 0.0561 e. The number of H-pyrrole nitrogens is 1. The SMILES string of the molecule is CNCc1cc(-c2cc(Br)cs2)[nH]c1C. The van der Waals surface area contributed by atoms with Gasteiger partial charge in [-0.2, -0.15) is 0 Å². The Kier molecular flexibility index (Phi) is 3.29. The largest absolute Gasteiger partial charge is 0.358 e. The molecular weight excluding hydrogens is 272 g/mol. The molecule has 0 spiro atoms. The summed E-state index contributed by atoms with van der Waals surface area (Å²) in [6, 6.07) is 4.35. The van der Waals surface area contributed by atoms with Crippen LogP contribution in [-0.4, -0.2) is 12.0 Å². The number of hydrogen-bond acceptors (Lipinski definition) is 2. The van der Waals surface area contributed by atoms with Crippen LogP contribution < -0.4 is 5.32 Å². The summed E-state index contributed by atoms with van der Waals surface area (Å²) < 4.78 is 1.14. The Labute approximate surface area is 102 Å². The first kappa shape index (κ1) is 10.9. The number of aromatic amines is 1. The summed E-state index contributed by atoms with van der Waals surface area (Å²) in [5, 5.41) is 5.27. The molecule has 0 amide bonds. The van der Waals surface area contributed by atoms with Gasteiger partial charge in [0.25, 0.3) is 0 Å². The summed E-state index contributed by atoms with van der Waals surface area (Å²) in [7, 11) is 1.97. The molecule has 2 heterocycles. The average molecular weight is 285 g/mol. The summed E-state index contributed by atoms with van der Waals surface area (Å²) in [4.78, 5) is 4.68. The molecule has 2 aromatic rings. The highest BCUT2D eigenvalue weighted by Gasteiger charge is 2.07. The van der Waals surface area contributed by atoms with Crippen molar-refractivity contribution >= 4 is 27.3 Å². The minimum Gasteiger partial charge on any atom is -0.358 e. The first-order chi connectivity index (χ1) is 7.20. The summed E-state index contributed by atoms with van der Waals surface area (Å²) in [6.45, 7) is 3.02. The fraction of sp³-hybridized carbons (Fsp3) is 0.273. The molecule has 0 unspecified atom stereocenters. The lowest BCUT2D eigenvalue weighted by atomic mass is 10.2. The second kappa shape index (κ2) is 4.51. The minimum atomic E-state index is 0.912. The normalized spacial score (nSPS) is 10.9. The van der Waals surface area contributed by atoms with Crippen LogP contribution in [0.25, 0.3) is 10.6 Å². The summed E-state index contributed by atoms with van der Waals surface area (Å²) in [5.74, 6) is 0. The van der Waals surface area contributed by atoms with Gasteiger partial charge in [0.15, 0.2) is 0 Å². The van der Waals surface area contributed by atoms with Gasteiger partial charge in [-0.3, -0.25) is 0 Å². The number of halogens is 1. The Morgan fingerprint density at radius 3 is 2.87 bits per heavy atom. The van der Waals surface area contributed by atoms with E-state index in [4.69, 9.17) is 0 Å². The zero-order valence-electron chi connectivity index (χ0n) is 8.73. The van der Waals surface area contributed by atoms with Crippen molar-refractivity contribution in [2.45, 2.75) is 13.5 Å². The van der Waals surface area contributed by atoms with Gasteiger partial charge in [0.05, 0.1) is 10.6 Å². The van der Waals surface area contributed by atoms with Gasteiger partial charge in [0.1, 0.15) is 0 Å². The Morgan fingerprint density at radius 2 is 2.27 bits per heavy atom. The molecule has 0 radical (unpaired) electrons. The molecule has 0 bridgehead atoms. The zero-order chi connectivity index (χ0) is 10.8. The van der Waals surface area contributed by atoms with Gasteiger partial charge in [-0.25, -0.2) is 0 Å². The summed E-state index contributed by atoms with van der Waals surface area (Å²) >= 11 is 5.21. The van der Waals surface area contributed by atoms with Crippen LogP contribution in [0, 0.1) is 6.92 Å². The lowest BCUT2D eigenvalue weighted by molar-refractivity contribution is 0.812. The predicted molar refractivity (Wildman–Crippen MR) is 69.3 cm³/mol. The lowest BCUT2D eigenvalue weighted by Gasteiger charge is -1.95. The molecule has 0 aliphatic carbocycles. The van der Waals surface area contributed by atoms with Crippen LogP contribution >= 0.6 is 27.3 Å². The Bertz CT molecular complexity index is 459. The van der Waals surface area contributed by atoms with E-state index in [-0.39, 0.29) is 0 Å². The van der Waals surface area contributed by atoms with Crippen molar-refractivity contribution in [2.75, 3.05) is 7.05 Å². The number of thiophene rings is 1. The first-order valence-corrected chi connectivity index (χ1v) is 6.45. The molecule has 0 fully saturated rings. The van der Waals surface area contributed by atoms with E-state index >= 15 is 0 Å². The first-order valence-electron chi connectivity index (χ1n) is 4.78. The van der Waals surface area contributed by atoms with E-state index in [9.17, 15) is 0 Å². The number of hydrogen-bond donors (Lipinski definition) is 2. The molecule has 2 rings (SSSR count). The molecule has 0 saturated heterocycles. The highest BCUT2D eigenvalue weighted by Crippen LogP contribution is 2.30. The molecule has 0 aliphatic rings. The number of aromatic nitrogens is 1. The van der Waals surface area contributed by atoms with Crippen molar-refractivity contribution < 1.29 is 0 Å².